The SMILES string of the molecule is Cc1cc(Nc2nc(C)c(C(=O)O)s2)n(C)n1. The van der Waals surface area contributed by atoms with Crippen LogP contribution in [0.15, 0.2) is 6.07 Å². The van der Waals surface area contributed by atoms with Crippen LogP contribution >= 0.6 is 11.3 Å². The van der Waals surface area contributed by atoms with Crippen LogP contribution in [-0.4, -0.2) is 25.8 Å². The average Bonchev–Trinajstić information content (AvgIpc) is 2.71. The first-order valence-electron chi connectivity index (χ1n) is 4.95. The van der Waals surface area contributed by atoms with Crippen molar-refractivity contribution in [1.82, 2.24) is 14.8 Å². The fraction of sp³-hybridized carbons (Fsp3) is 0.300. The van der Waals surface area contributed by atoms with Crippen molar-refractivity contribution in [3.63, 3.8) is 0 Å². The van der Waals surface area contributed by atoms with E-state index in [1.54, 1.807) is 11.6 Å². The molecule has 0 unspecified atom stereocenters. The number of nitrogens with zero attached hydrogens (tertiary/aromatic N) is 3. The van der Waals surface area contributed by atoms with E-state index in [-0.39, 0.29) is 4.88 Å². The predicted molar refractivity (Wildman–Crippen MR) is 65.0 cm³/mol. The number of rotatable bonds is 3. The van der Waals surface area contributed by atoms with Crippen molar-refractivity contribution < 1.29 is 9.90 Å². The van der Waals surface area contributed by atoms with Crippen molar-refractivity contribution in [1.29, 1.82) is 0 Å². The van der Waals surface area contributed by atoms with Crippen molar-refractivity contribution in [3.05, 3.63) is 22.3 Å². The van der Waals surface area contributed by atoms with Crippen LogP contribution in [0.3, 0.4) is 0 Å². The van der Waals surface area contributed by atoms with E-state index in [1.807, 2.05) is 20.0 Å². The lowest BCUT2D eigenvalue weighted by Gasteiger charge is -2.00. The maximum atomic E-state index is 10.9. The van der Waals surface area contributed by atoms with Gasteiger partial charge in [-0.05, 0) is 13.8 Å². The summed E-state index contributed by atoms with van der Waals surface area (Å²) in [5.74, 6) is -0.164. The minimum absolute atomic E-state index is 0.256. The summed E-state index contributed by atoms with van der Waals surface area (Å²) in [5.41, 5.74) is 1.41. The van der Waals surface area contributed by atoms with E-state index in [4.69, 9.17) is 5.11 Å². The van der Waals surface area contributed by atoms with Gasteiger partial charge in [-0.3, -0.25) is 4.68 Å². The monoisotopic (exact) mass is 252 g/mol. The molecule has 2 N–H and O–H groups in total. The summed E-state index contributed by atoms with van der Waals surface area (Å²) in [6.07, 6.45) is 0. The molecular formula is C10H12N4O2S. The van der Waals surface area contributed by atoms with Crippen LogP contribution in [0.2, 0.25) is 0 Å². The van der Waals surface area contributed by atoms with E-state index in [1.165, 1.54) is 0 Å². The second kappa shape index (κ2) is 4.17. The molecule has 6 nitrogen and oxygen atoms in total. The highest BCUT2D eigenvalue weighted by Gasteiger charge is 2.14. The lowest BCUT2D eigenvalue weighted by Crippen LogP contribution is -1.98. The van der Waals surface area contributed by atoms with E-state index >= 15 is 0 Å². The number of carboxylic acids is 1. The molecule has 2 aromatic heterocycles. The van der Waals surface area contributed by atoms with Crippen molar-refractivity contribution >= 4 is 28.3 Å². The second-order valence-corrected chi connectivity index (χ2v) is 4.66. The van der Waals surface area contributed by atoms with Crippen molar-refractivity contribution in [2.75, 3.05) is 5.32 Å². The lowest BCUT2D eigenvalue weighted by atomic mass is 10.4. The standard InChI is InChI=1S/C10H12N4O2S/c1-5-4-7(14(3)13-5)12-10-11-6(2)8(17-10)9(15)16/h4H,1-3H3,(H,11,12)(H,15,16). The van der Waals surface area contributed by atoms with Gasteiger partial charge in [-0.25, -0.2) is 9.78 Å². The number of aryl methyl sites for hydroxylation is 3. The molecule has 0 aliphatic rings. The van der Waals surface area contributed by atoms with Crippen LogP contribution in [-0.2, 0) is 7.05 Å². The van der Waals surface area contributed by atoms with Crippen LogP contribution in [0, 0.1) is 13.8 Å². The molecule has 0 fully saturated rings. The molecule has 0 saturated heterocycles. The smallest absolute Gasteiger partial charge is 0.347 e. The molecular weight excluding hydrogens is 240 g/mol. The zero-order chi connectivity index (χ0) is 12.6. The highest BCUT2D eigenvalue weighted by atomic mass is 32.1. The van der Waals surface area contributed by atoms with Gasteiger partial charge in [0.15, 0.2) is 5.13 Å². The largest absolute Gasteiger partial charge is 0.477 e. The highest BCUT2D eigenvalue weighted by molar-refractivity contribution is 7.17. The van der Waals surface area contributed by atoms with Crippen LogP contribution < -0.4 is 5.32 Å². The fourth-order valence-electron chi connectivity index (χ4n) is 1.49. The number of anilines is 2. The Morgan fingerprint density at radius 1 is 1.53 bits per heavy atom. The van der Waals surface area contributed by atoms with Crippen molar-refractivity contribution in [2.45, 2.75) is 13.8 Å². The number of nitrogens with one attached hydrogen (secondary N) is 1. The van der Waals surface area contributed by atoms with E-state index in [0.29, 0.717) is 10.8 Å². The number of hydrogen-bond acceptors (Lipinski definition) is 5. The van der Waals surface area contributed by atoms with Crippen LogP contribution in [0.25, 0.3) is 0 Å². The Labute approximate surface area is 102 Å². The number of carboxylic acid groups (broad SMARTS) is 1. The zero-order valence-electron chi connectivity index (χ0n) is 9.68. The molecule has 0 bridgehead atoms. The minimum Gasteiger partial charge on any atom is -0.477 e. The quantitative estimate of drug-likeness (QED) is 0.872. The fourth-order valence-corrected chi connectivity index (χ4v) is 2.30. The molecule has 0 radical (unpaired) electrons. The minimum atomic E-state index is -0.950. The number of aromatic carboxylic acids is 1. The first-order chi connectivity index (χ1) is 7.97. The van der Waals surface area contributed by atoms with Gasteiger partial charge in [-0.1, -0.05) is 11.3 Å². The Bertz CT molecular complexity index is 573. The Kier molecular flexibility index (Phi) is 2.84. The highest BCUT2D eigenvalue weighted by Crippen LogP contribution is 2.25. The van der Waals surface area contributed by atoms with Crippen LogP contribution in [0.1, 0.15) is 21.1 Å². The Balaban J connectivity index is 2.28. The maximum Gasteiger partial charge on any atom is 0.347 e. The van der Waals surface area contributed by atoms with E-state index in [0.717, 1.165) is 22.8 Å². The zero-order valence-corrected chi connectivity index (χ0v) is 10.5. The van der Waals surface area contributed by atoms with Gasteiger partial charge in [0, 0.05) is 13.1 Å². The summed E-state index contributed by atoms with van der Waals surface area (Å²) >= 11 is 1.12. The molecule has 2 rings (SSSR count). The molecule has 0 amide bonds. The van der Waals surface area contributed by atoms with E-state index < -0.39 is 5.97 Å². The van der Waals surface area contributed by atoms with Crippen LogP contribution in [0.5, 0.6) is 0 Å². The summed E-state index contributed by atoms with van der Waals surface area (Å²) in [7, 11) is 1.81. The van der Waals surface area contributed by atoms with Gasteiger partial charge < -0.3 is 10.4 Å². The molecule has 0 atom stereocenters. The molecule has 0 saturated carbocycles. The predicted octanol–water partition coefficient (Wildman–Crippen LogP) is 1.94. The van der Waals surface area contributed by atoms with Gasteiger partial charge in [-0.2, -0.15) is 5.10 Å². The van der Waals surface area contributed by atoms with Crippen LogP contribution in [0.4, 0.5) is 10.9 Å². The molecule has 0 aliphatic heterocycles. The third-order valence-electron chi connectivity index (χ3n) is 2.23. The summed E-state index contributed by atoms with van der Waals surface area (Å²) in [6.45, 7) is 3.57. The molecule has 90 valence electrons. The molecule has 7 heteroatoms. The van der Waals surface area contributed by atoms with Gasteiger partial charge >= 0.3 is 5.97 Å². The van der Waals surface area contributed by atoms with Gasteiger partial charge in [0.2, 0.25) is 0 Å². The first kappa shape index (κ1) is 11.6. The van der Waals surface area contributed by atoms with Gasteiger partial charge in [0.25, 0.3) is 0 Å². The number of thiazole rings is 1. The third-order valence-corrected chi connectivity index (χ3v) is 3.29. The molecule has 17 heavy (non-hydrogen) atoms. The Morgan fingerprint density at radius 2 is 2.24 bits per heavy atom. The normalized spacial score (nSPS) is 10.5. The summed E-state index contributed by atoms with van der Waals surface area (Å²) in [5, 5.41) is 16.7. The molecule has 2 aromatic rings. The van der Waals surface area contributed by atoms with Gasteiger partial charge in [-0.15, -0.1) is 0 Å². The first-order valence-corrected chi connectivity index (χ1v) is 5.77. The average molecular weight is 252 g/mol. The van der Waals surface area contributed by atoms with E-state index in [9.17, 15) is 4.79 Å². The van der Waals surface area contributed by atoms with Crippen molar-refractivity contribution in [2.24, 2.45) is 7.05 Å². The molecule has 0 spiro atoms. The molecule has 0 aliphatic carbocycles. The van der Waals surface area contributed by atoms with E-state index in [2.05, 4.69) is 15.4 Å². The van der Waals surface area contributed by atoms with Gasteiger partial charge in [0.05, 0.1) is 11.4 Å². The summed E-state index contributed by atoms with van der Waals surface area (Å²) in [6, 6.07) is 1.87. The van der Waals surface area contributed by atoms with Crippen molar-refractivity contribution in [3.8, 4) is 0 Å². The number of hydrogen-bond donors (Lipinski definition) is 2. The Morgan fingerprint density at radius 3 is 2.71 bits per heavy atom. The maximum absolute atomic E-state index is 10.9. The molecule has 0 aromatic carbocycles. The topological polar surface area (TPSA) is 80.0 Å². The number of carbonyl (C=O) groups is 1. The molecule has 2 heterocycles. The third kappa shape index (κ3) is 2.28. The second-order valence-electron chi connectivity index (χ2n) is 3.66. The summed E-state index contributed by atoms with van der Waals surface area (Å²) in [4.78, 5) is 15.3. The number of aromatic nitrogens is 3. The lowest BCUT2D eigenvalue weighted by molar-refractivity contribution is 0.0701. The van der Waals surface area contributed by atoms with Gasteiger partial charge in [0.1, 0.15) is 10.7 Å². The summed E-state index contributed by atoms with van der Waals surface area (Å²) < 4.78 is 1.69. The Hall–Kier alpha value is -1.89.